The van der Waals surface area contributed by atoms with Gasteiger partial charge in [-0.2, -0.15) is 0 Å². The van der Waals surface area contributed by atoms with Gasteiger partial charge < -0.3 is 19.7 Å². The molecule has 0 aliphatic rings. The maximum absolute atomic E-state index is 9.19. The fraction of sp³-hybridized carbons (Fsp3) is 0.571. The number of methoxy groups -OCH3 is 2. The number of aliphatic hydroxyl groups excluding tert-OH is 2. The SMILES string of the molecule is COc1cc(CN(C)C(CO)CO)c(OC)cc1C. The Hall–Kier alpha value is -1.30. The van der Waals surface area contributed by atoms with E-state index < -0.39 is 0 Å². The molecule has 108 valence electrons. The second-order valence-corrected chi connectivity index (χ2v) is 4.57. The Morgan fingerprint density at radius 2 is 1.68 bits per heavy atom. The zero-order valence-electron chi connectivity index (χ0n) is 12.0. The van der Waals surface area contributed by atoms with Gasteiger partial charge in [-0.25, -0.2) is 0 Å². The van der Waals surface area contributed by atoms with Crippen LogP contribution in [0, 0.1) is 6.92 Å². The van der Waals surface area contributed by atoms with Crippen molar-refractivity contribution >= 4 is 0 Å². The number of hydrogen-bond acceptors (Lipinski definition) is 5. The number of aliphatic hydroxyl groups is 2. The van der Waals surface area contributed by atoms with Gasteiger partial charge in [-0.1, -0.05) is 0 Å². The Bertz CT molecular complexity index is 405. The van der Waals surface area contributed by atoms with Crippen LogP contribution >= 0.6 is 0 Å². The maximum Gasteiger partial charge on any atom is 0.123 e. The van der Waals surface area contributed by atoms with Gasteiger partial charge in [-0.3, -0.25) is 4.90 Å². The highest BCUT2D eigenvalue weighted by atomic mass is 16.5. The molecule has 0 bridgehead atoms. The topological polar surface area (TPSA) is 62.2 Å². The molecule has 0 aliphatic heterocycles. The minimum Gasteiger partial charge on any atom is -0.496 e. The molecule has 0 amide bonds. The summed E-state index contributed by atoms with van der Waals surface area (Å²) < 4.78 is 10.7. The summed E-state index contributed by atoms with van der Waals surface area (Å²) >= 11 is 0. The van der Waals surface area contributed by atoms with Crippen molar-refractivity contribution in [2.24, 2.45) is 0 Å². The second-order valence-electron chi connectivity index (χ2n) is 4.57. The molecule has 0 saturated heterocycles. The van der Waals surface area contributed by atoms with E-state index in [2.05, 4.69) is 0 Å². The molecular formula is C14H23NO4. The Morgan fingerprint density at radius 3 is 2.16 bits per heavy atom. The van der Waals surface area contributed by atoms with Crippen LogP contribution in [-0.2, 0) is 6.54 Å². The Morgan fingerprint density at radius 1 is 1.11 bits per heavy atom. The third-order valence-electron chi connectivity index (χ3n) is 3.26. The molecule has 0 spiro atoms. The van der Waals surface area contributed by atoms with E-state index in [1.165, 1.54) is 0 Å². The zero-order valence-corrected chi connectivity index (χ0v) is 12.0. The first kappa shape index (κ1) is 15.8. The minimum absolute atomic E-state index is 0.0850. The van der Waals surface area contributed by atoms with Gasteiger partial charge in [0.2, 0.25) is 0 Å². The summed E-state index contributed by atoms with van der Waals surface area (Å²) in [6.07, 6.45) is 0. The van der Waals surface area contributed by atoms with Gasteiger partial charge in [0.15, 0.2) is 0 Å². The number of likely N-dealkylation sites (N-methyl/N-ethyl adjacent to an activating group) is 1. The third kappa shape index (κ3) is 3.83. The number of rotatable bonds is 7. The summed E-state index contributed by atoms with van der Waals surface area (Å²) in [6.45, 7) is 2.35. The largest absolute Gasteiger partial charge is 0.496 e. The predicted molar refractivity (Wildman–Crippen MR) is 73.7 cm³/mol. The molecule has 0 radical (unpaired) electrons. The van der Waals surface area contributed by atoms with Crippen LogP contribution in [0.4, 0.5) is 0 Å². The van der Waals surface area contributed by atoms with Crippen LogP contribution < -0.4 is 9.47 Å². The summed E-state index contributed by atoms with van der Waals surface area (Å²) in [6, 6.07) is 3.57. The van der Waals surface area contributed by atoms with Crippen molar-refractivity contribution in [2.75, 3.05) is 34.5 Å². The average molecular weight is 269 g/mol. The van der Waals surface area contributed by atoms with Gasteiger partial charge in [-0.15, -0.1) is 0 Å². The van der Waals surface area contributed by atoms with E-state index in [4.69, 9.17) is 9.47 Å². The number of ether oxygens (including phenoxy) is 2. The van der Waals surface area contributed by atoms with Crippen LogP contribution in [0.5, 0.6) is 11.5 Å². The van der Waals surface area contributed by atoms with E-state index in [1.807, 2.05) is 31.0 Å². The van der Waals surface area contributed by atoms with Crippen LogP contribution in [-0.4, -0.2) is 55.6 Å². The van der Waals surface area contributed by atoms with Crippen molar-refractivity contribution < 1.29 is 19.7 Å². The Labute approximate surface area is 114 Å². The van der Waals surface area contributed by atoms with Gasteiger partial charge in [-0.05, 0) is 31.7 Å². The van der Waals surface area contributed by atoms with Crippen LogP contribution in [0.15, 0.2) is 12.1 Å². The molecule has 0 aromatic heterocycles. The summed E-state index contributed by atoms with van der Waals surface area (Å²) in [4.78, 5) is 1.88. The molecule has 5 heteroatoms. The fourth-order valence-electron chi connectivity index (χ4n) is 1.97. The molecule has 0 fully saturated rings. The molecular weight excluding hydrogens is 246 g/mol. The normalized spacial score (nSPS) is 11.2. The first-order valence-electron chi connectivity index (χ1n) is 6.20. The molecule has 1 rings (SSSR count). The van der Waals surface area contributed by atoms with Crippen LogP contribution in [0.3, 0.4) is 0 Å². The highest BCUT2D eigenvalue weighted by Gasteiger charge is 2.16. The summed E-state index contributed by atoms with van der Waals surface area (Å²) in [5.41, 5.74) is 1.96. The quantitative estimate of drug-likeness (QED) is 0.766. The number of hydrogen-bond donors (Lipinski definition) is 2. The van der Waals surface area contributed by atoms with Gasteiger partial charge in [0, 0.05) is 12.1 Å². The van der Waals surface area contributed by atoms with E-state index in [-0.39, 0.29) is 19.3 Å². The molecule has 1 aromatic rings. The van der Waals surface area contributed by atoms with Crippen molar-refractivity contribution in [2.45, 2.75) is 19.5 Å². The highest BCUT2D eigenvalue weighted by molar-refractivity contribution is 5.45. The van der Waals surface area contributed by atoms with E-state index >= 15 is 0 Å². The van der Waals surface area contributed by atoms with Gasteiger partial charge in [0.1, 0.15) is 11.5 Å². The van der Waals surface area contributed by atoms with Crippen molar-refractivity contribution in [1.29, 1.82) is 0 Å². The number of benzene rings is 1. The molecule has 5 nitrogen and oxygen atoms in total. The minimum atomic E-state index is -0.281. The molecule has 0 aliphatic carbocycles. The molecule has 19 heavy (non-hydrogen) atoms. The molecule has 0 atom stereocenters. The monoisotopic (exact) mass is 269 g/mol. The van der Waals surface area contributed by atoms with E-state index in [9.17, 15) is 10.2 Å². The van der Waals surface area contributed by atoms with Crippen molar-refractivity contribution in [1.82, 2.24) is 4.90 Å². The van der Waals surface area contributed by atoms with Gasteiger partial charge in [0.25, 0.3) is 0 Å². The predicted octanol–water partition coefficient (Wildman–Crippen LogP) is 0.797. The summed E-state index contributed by atoms with van der Waals surface area (Å²) in [5, 5.41) is 18.4. The lowest BCUT2D eigenvalue weighted by Crippen LogP contribution is -2.37. The summed E-state index contributed by atoms with van der Waals surface area (Å²) in [5.74, 6) is 1.58. The molecule has 0 saturated carbocycles. The molecule has 0 unspecified atom stereocenters. The lowest BCUT2D eigenvalue weighted by Gasteiger charge is -2.25. The van der Waals surface area contributed by atoms with Gasteiger partial charge in [0.05, 0.1) is 33.5 Å². The first-order chi connectivity index (χ1) is 9.07. The first-order valence-corrected chi connectivity index (χ1v) is 6.20. The highest BCUT2D eigenvalue weighted by Crippen LogP contribution is 2.29. The maximum atomic E-state index is 9.19. The molecule has 0 heterocycles. The summed E-state index contributed by atoms with van der Waals surface area (Å²) in [7, 11) is 5.11. The third-order valence-corrected chi connectivity index (χ3v) is 3.26. The fourth-order valence-corrected chi connectivity index (χ4v) is 1.97. The lowest BCUT2D eigenvalue weighted by molar-refractivity contribution is 0.0868. The smallest absolute Gasteiger partial charge is 0.123 e. The molecule has 2 N–H and O–H groups in total. The average Bonchev–Trinajstić information content (AvgIpc) is 2.41. The van der Waals surface area contributed by atoms with Crippen molar-refractivity contribution in [3.05, 3.63) is 23.3 Å². The van der Waals surface area contributed by atoms with Crippen LogP contribution in [0.2, 0.25) is 0 Å². The molecule has 1 aromatic carbocycles. The number of aryl methyl sites for hydroxylation is 1. The Kier molecular flexibility index (Phi) is 6.08. The van der Waals surface area contributed by atoms with Crippen LogP contribution in [0.1, 0.15) is 11.1 Å². The Balaban J connectivity index is 2.98. The van der Waals surface area contributed by atoms with Crippen LogP contribution in [0.25, 0.3) is 0 Å². The number of nitrogens with zero attached hydrogens (tertiary/aromatic N) is 1. The second kappa shape index (κ2) is 7.33. The zero-order chi connectivity index (χ0) is 14.4. The van der Waals surface area contributed by atoms with E-state index in [1.54, 1.807) is 14.2 Å². The van der Waals surface area contributed by atoms with Crippen molar-refractivity contribution in [3.63, 3.8) is 0 Å². The lowest BCUT2D eigenvalue weighted by atomic mass is 10.1. The van der Waals surface area contributed by atoms with Crippen molar-refractivity contribution in [3.8, 4) is 11.5 Å². The van der Waals surface area contributed by atoms with Gasteiger partial charge >= 0.3 is 0 Å². The standard InChI is InChI=1S/C14H23NO4/c1-10-5-14(19-4)11(6-13(10)18-3)7-15(2)12(8-16)9-17/h5-6,12,16-17H,7-9H2,1-4H3. The van der Waals surface area contributed by atoms with E-state index in [0.717, 1.165) is 22.6 Å². The van der Waals surface area contributed by atoms with E-state index in [0.29, 0.717) is 6.54 Å².